The number of hydrogen-bond donors (Lipinski definition) is 2. The third-order valence-corrected chi connectivity index (χ3v) is 3.39. The summed E-state index contributed by atoms with van der Waals surface area (Å²) in [6, 6.07) is 7.14. The minimum absolute atomic E-state index is 0.116. The minimum atomic E-state index is -0.616. The number of carbonyl (C=O) groups excluding carboxylic acids is 1. The van der Waals surface area contributed by atoms with E-state index in [0.717, 1.165) is 24.3 Å². The molecule has 0 unspecified atom stereocenters. The van der Waals surface area contributed by atoms with Crippen molar-refractivity contribution in [1.29, 1.82) is 0 Å². The Balaban J connectivity index is 2.06. The number of nitrogens with two attached hydrogens (primary N) is 1. The van der Waals surface area contributed by atoms with Crippen LogP contribution in [0.2, 0.25) is 0 Å². The maximum Gasteiger partial charge on any atom is 0.237 e. The quantitative estimate of drug-likeness (QED) is 0.798. The Labute approximate surface area is 105 Å². The van der Waals surface area contributed by atoms with Crippen molar-refractivity contribution in [3.63, 3.8) is 0 Å². The third-order valence-electron chi connectivity index (χ3n) is 3.00. The molecule has 1 aromatic carbocycles. The Morgan fingerprint density at radius 1 is 1.41 bits per heavy atom. The largest absolute Gasteiger partial charge is 0.497 e. The molecule has 0 bridgehead atoms. The first-order chi connectivity index (χ1) is 8.08. The normalized spacial score (nSPS) is 16.1. The van der Waals surface area contributed by atoms with Crippen molar-refractivity contribution in [3.05, 3.63) is 24.3 Å². The standard InChI is InChI=1S/C12H14N2O2S/c1-16-9-4-2-8(3-5-9)14-11(15)12(6-7-12)10(13)17/h2-5H,6-7H2,1H3,(H2,13,17)(H,14,15). The van der Waals surface area contributed by atoms with E-state index in [1.54, 1.807) is 31.4 Å². The fourth-order valence-corrected chi connectivity index (χ4v) is 1.93. The SMILES string of the molecule is COc1ccc(NC(=O)C2(C(N)=S)CC2)cc1. The Bertz CT molecular complexity index is 452. The summed E-state index contributed by atoms with van der Waals surface area (Å²) < 4.78 is 5.04. The second-order valence-corrected chi connectivity index (χ2v) is 4.57. The molecule has 1 fully saturated rings. The van der Waals surface area contributed by atoms with Gasteiger partial charge in [0, 0.05) is 5.69 Å². The van der Waals surface area contributed by atoms with Crippen LogP contribution in [0.15, 0.2) is 24.3 Å². The highest BCUT2D eigenvalue weighted by Crippen LogP contribution is 2.46. The van der Waals surface area contributed by atoms with E-state index in [4.69, 9.17) is 22.7 Å². The highest BCUT2D eigenvalue weighted by molar-refractivity contribution is 7.80. The van der Waals surface area contributed by atoms with Crippen molar-refractivity contribution in [2.45, 2.75) is 12.8 Å². The van der Waals surface area contributed by atoms with Crippen LogP contribution >= 0.6 is 12.2 Å². The molecule has 1 aliphatic carbocycles. The highest BCUT2D eigenvalue weighted by Gasteiger charge is 2.52. The van der Waals surface area contributed by atoms with E-state index in [9.17, 15) is 4.79 Å². The predicted octanol–water partition coefficient (Wildman–Crippen LogP) is 1.70. The van der Waals surface area contributed by atoms with Gasteiger partial charge in [-0.1, -0.05) is 12.2 Å². The summed E-state index contributed by atoms with van der Waals surface area (Å²) in [5, 5.41) is 2.82. The molecule has 0 saturated heterocycles. The number of hydrogen-bond acceptors (Lipinski definition) is 3. The van der Waals surface area contributed by atoms with Crippen molar-refractivity contribution in [2.24, 2.45) is 11.1 Å². The van der Waals surface area contributed by atoms with Crippen LogP contribution in [-0.4, -0.2) is 18.0 Å². The van der Waals surface area contributed by atoms with Crippen molar-refractivity contribution in [3.8, 4) is 5.75 Å². The van der Waals surface area contributed by atoms with E-state index in [1.807, 2.05) is 0 Å². The minimum Gasteiger partial charge on any atom is -0.497 e. The molecule has 1 aliphatic rings. The van der Waals surface area contributed by atoms with E-state index >= 15 is 0 Å². The summed E-state index contributed by atoms with van der Waals surface area (Å²) >= 11 is 4.92. The van der Waals surface area contributed by atoms with E-state index in [1.165, 1.54) is 0 Å². The molecule has 0 heterocycles. The average Bonchev–Trinajstić information content (AvgIpc) is 3.11. The number of nitrogens with one attached hydrogen (secondary N) is 1. The summed E-state index contributed by atoms with van der Waals surface area (Å²) in [5.74, 6) is 0.633. The van der Waals surface area contributed by atoms with Gasteiger partial charge in [-0.2, -0.15) is 0 Å². The van der Waals surface area contributed by atoms with Gasteiger partial charge in [-0.15, -0.1) is 0 Å². The summed E-state index contributed by atoms with van der Waals surface area (Å²) in [7, 11) is 1.60. The lowest BCUT2D eigenvalue weighted by Gasteiger charge is -2.13. The van der Waals surface area contributed by atoms with Crippen molar-refractivity contribution >= 4 is 28.8 Å². The van der Waals surface area contributed by atoms with Gasteiger partial charge in [0.15, 0.2) is 0 Å². The number of carbonyl (C=O) groups is 1. The van der Waals surface area contributed by atoms with Gasteiger partial charge in [0.05, 0.1) is 17.5 Å². The van der Waals surface area contributed by atoms with Crippen molar-refractivity contribution in [1.82, 2.24) is 0 Å². The zero-order valence-corrected chi connectivity index (χ0v) is 10.3. The van der Waals surface area contributed by atoms with E-state index < -0.39 is 5.41 Å². The number of rotatable bonds is 4. The number of ether oxygens (including phenoxy) is 1. The molecule has 0 radical (unpaired) electrons. The maximum absolute atomic E-state index is 12.0. The number of amides is 1. The van der Waals surface area contributed by atoms with Gasteiger partial charge in [0.2, 0.25) is 5.91 Å². The zero-order valence-electron chi connectivity index (χ0n) is 9.53. The molecule has 4 nitrogen and oxygen atoms in total. The molecule has 17 heavy (non-hydrogen) atoms. The Hall–Kier alpha value is -1.62. The van der Waals surface area contributed by atoms with Gasteiger partial charge >= 0.3 is 0 Å². The van der Waals surface area contributed by atoms with E-state index in [-0.39, 0.29) is 10.9 Å². The fourth-order valence-electron chi connectivity index (χ4n) is 1.64. The average molecular weight is 250 g/mol. The summed E-state index contributed by atoms with van der Waals surface area (Å²) in [6.07, 6.45) is 1.48. The van der Waals surface area contributed by atoms with Gasteiger partial charge in [-0.25, -0.2) is 0 Å². The molecule has 1 aromatic rings. The molecular formula is C12H14N2O2S. The zero-order chi connectivity index (χ0) is 12.5. The number of thiocarbonyl (C=S) groups is 1. The molecule has 0 aliphatic heterocycles. The van der Waals surface area contributed by atoms with Gasteiger partial charge < -0.3 is 15.8 Å². The van der Waals surface area contributed by atoms with E-state index in [2.05, 4.69) is 5.32 Å². The van der Waals surface area contributed by atoms with Crippen LogP contribution in [-0.2, 0) is 4.79 Å². The molecule has 0 atom stereocenters. The van der Waals surface area contributed by atoms with Crippen LogP contribution in [0.4, 0.5) is 5.69 Å². The summed E-state index contributed by atoms with van der Waals surface area (Å²) in [5.41, 5.74) is 5.69. The molecule has 1 amide bonds. The lowest BCUT2D eigenvalue weighted by molar-refractivity contribution is -0.118. The van der Waals surface area contributed by atoms with Crippen LogP contribution in [0.1, 0.15) is 12.8 Å². The fraction of sp³-hybridized carbons (Fsp3) is 0.333. The smallest absolute Gasteiger partial charge is 0.237 e. The monoisotopic (exact) mass is 250 g/mol. The molecule has 1 saturated carbocycles. The predicted molar refractivity (Wildman–Crippen MR) is 70.1 cm³/mol. The molecule has 3 N–H and O–H groups in total. The highest BCUT2D eigenvalue weighted by atomic mass is 32.1. The number of benzene rings is 1. The van der Waals surface area contributed by atoms with Crippen LogP contribution in [0.25, 0.3) is 0 Å². The van der Waals surface area contributed by atoms with Gasteiger partial charge in [0.1, 0.15) is 5.75 Å². The van der Waals surface area contributed by atoms with Gasteiger partial charge in [-0.3, -0.25) is 4.79 Å². The Kier molecular flexibility index (Phi) is 3.02. The van der Waals surface area contributed by atoms with Gasteiger partial charge in [-0.05, 0) is 37.1 Å². The first-order valence-electron chi connectivity index (χ1n) is 5.34. The lowest BCUT2D eigenvalue weighted by Crippen LogP contribution is -2.34. The molecular weight excluding hydrogens is 236 g/mol. The number of methoxy groups -OCH3 is 1. The van der Waals surface area contributed by atoms with Crippen molar-refractivity contribution < 1.29 is 9.53 Å². The second kappa shape index (κ2) is 4.33. The first kappa shape index (κ1) is 11.9. The number of anilines is 1. The first-order valence-corrected chi connectivity index (χ1v) is 5.75. The van der Waals surface area contributed by atoms with Crippen LogP contribution < -0.4 is 15.8 Å². The molecule has 0 spiro atoms. The second-order valence-electron chi connectivity index (χ2n) is 4.13. The Morgan fingerprint density at radius 3 is 2.41 bits per heavy atom. The molecule has 2 rings (SSSR count). The lowest BCUT2D eigenvalue weighted by atomic mass is 10.1. The van der Waals surface area contributed by atoms with Crippen LogP contribution in [0.3, 0.4) is 0 Å². The van der Waals surface area contributed by atoms with Crippen LogP contribution in [0.5, 0.6) is 5.75 Å². The summed E-state index contributed by atoms with van der Waals surface area (Å²) in [6.45, 7) is 0. The molecule has 0 aromatic heterocycles. The molecule has 90 valence electrons. The molecule has 5 heteroatoms. The Morgan fingerprint density at radius 2 is 2.00 bits per heavy atom. The van der Waals surface area contributed by atoms with Crippen molar-refractivity contribution in [2.75, 3.05) is 12.4 Å². The summed E-state index contributed by atoms with van der Waals surface area (Å²) in [4.78, 5) is 12.3. The van der Waals surface area contributed by atoms with E-state index in [0.29, 0.717) is 0 Å². The van der Waals surface area contributed by atoms with Gasteiger partial charge in [0.25, 0.3) is 0 Å². The topological polar surface area (TPSA) is 64.3 Å². The third kappa shape index (κ3) is 2.24. The maximum atomic E-state index is 12.0. The van der Waals surface area contributed by atoms with Crippen LogP contribution in [0, 0.1) is 5.41 Å².